The smallest absolute Gasteiger partial charge is 0.321 e. The van der Waals surface area contributed by atoms with Crippen molar-refractivity contribution in [1.82, 2.24) is 14.2 Å². The number of aryl methyl sites for hydroxylation is 1. The predicted octanol–water partition coefficient (Wildman–Crippen LogP) is 1.77. The van der Waals surface area contributed by atoms with Crippen LogP contribution in [-0.4, -0.2) is 81.1 Å². The van der Waals surface area contributed by atoms with Gasteiger partial charge in [0.05, 0.1) is 13.2 Å². The Morgan fingerprint density at radius 2 is 1.81 bits per heavy atom. The highest BCUT2D eigenvalue weighted by molar-refractivity contribution is 7.89. The first-order valence-electron chi connectivity index (χ1n) is 10.3. The Kier molecular flexibility index (Phi) is 6.40. The third-order valence-electron chi connectivity index (χ3n) is 5.63. The second-order valence-corrected chi connectivity index (χ2v) is 9.55. The highest BCUT2D eigenvalue weighted by Crippen LogP contribution is 2.24. The fourth-order valence-electron chi connectivity index (χ4n) is 3.78. The summed E-state index contributed by atoms with van der Waals surface area (Å²) >= 11 is 0. The van der Waals surface area contributed by atoms with E-state index in [1.165, 1.54) is 22.8 Å². The third-order valence-corrected chi connectivity index (χ3v) is 7.51. The summed E-state index contributed by atoms with van der Waals surface area (Å²) in [5.74, 6) is 0. The van der Waals surface area contributed by atoms with Gasteiger partial charge in [-0.05, 0) is 42.8 Å². The lowest BCUT2D eigenvalue weighted by Crippen LogP contribution is -2.51. The van der Waals surface area contributed by atoms with Gasteiger partial charge in [0.2, 0.25) is 10.0 Å². The Bertz CT molecular complexity index is 1020. The molecule has 31 heavy (non-hydrogen) atoms. The number of nitrogens with zero attached hydrogens (tertiary/aromatic N) is 4. The molecule has 0 unspecified atom stereocenters. The summed E-state index contributed by atoms with van der Waals surface area (Å²) in [5.41, 5.74) is 2.86. The number of nitrogens with one attached hydrogen (secondary N) is 1. The number of hydrogen-bond donors (Lipinski definition) is 1. The van der Waals surface area contributed by atoms with Gasteiger partial charge in [-0.3, -0.25) is 4.98 Å². The van der Waals surface area contributed by atoms with Crippen LogP contribution in [-0.2, 0) is 14.8 Å². The summed E-state index contributed by atoms with van der Waals surface area (Å²) in [6.07, 6.45) is 2.88. The molecule has 3 heterocycles. The monoisotopic (exact) mass is 445 g/mol. The van der Waals surface area contributed by atoms with Crippen molar-refractivity contribution in [3.63, 3.8) is 0 Å². The van der Waals surface area contributed by atoms with E-state index >= 15 is 0 Å². The van der Waals surface area contributed by atoms with Gasteiger partial charge in [-0.1, -0.05) is 0 Å². The molecule has 1 N–H and O–H groups in total. The van der Waals surface area contributed by atoms with Crippen molar-refractivity contribution in [2.24, 2.45) is 0 Å². The maximum Gasteiger partial charge on any atom is 0.321 e. The average Bonchev–Trinajstić information content (AvgIpc) is 2.81. The first kappa shape index (κ1) is 21.5. The van der Waals surface area contributed by atoms with Crippen molar-refractivity contribution < 1.29 is 17.9 Å². The van der Waals surface area contributed by atoms with Crippen LogP contribution in [0.5, 0.6) is 0 Å². The number of urea groups is 1. The molecular weight excluding hydrogens is 418 g/mol. The molecule has 0 aliphatic carbocycles. The number of sulfonamides is 1. The molecule has 2 saturated heterocycles. The topological polar surface area (TPSA) is 95.1 Å². The number of pyridine rings is 1. The first-order chi connectivity index (χ1) is 14.9. The lowest BCUT2D eigenvalue weighted by molar-refractivity contribution is 0.122. The van der Waals surface area contributed by atoms with Crippen molar-refractivity contribution >= 4 is 27.4 Å². The number of piperazine rings is 1. The number of hydrogen-bond acceptors (Lipinski definition) is 6. The molecule has 0 saturated carbocycles. The third kappa shape index (κ3) is 4.81. The van der Waals surface area contributed by atoms with Gasteiger partial charge >= 0.3 is 6.03 Å². The summed E-state index contributed by atoms with van der Waals surface area (Å²) in [6, 6.07) is 8.90. The number of anilines is 2. The van der Waals surface area contributed by atoms with Crippen molar-refractivity contribution in [1.29, 1.82) is 0 Å². The summed E-state index contributed by atoms with van der Waals surface area (Å²) in [6.45, 7) is 6.29. The minimum Gasteiger partial charge on any atom is -0.378 e. The predicted molar refractivity (Wildman–Crippen MR) is 118 cm³/mol. The van der Waals surface area contributed by atoms with E-state index in [4.69, 9.17) is 4.74 Å². The van der Waals surface area contributed by atoms with Crippen LogP contribution in [0.4, 0.5) is 16.2 Å². The quantitative estimate of drug-likeness (QED) is 0.771. The molecule has 0 radical (unpaired) electrons. The highest BCUT2D eigenvalue weighted by atomic mass is 32.2. The molecule has 0 bridgehead atoms. The molecule has 0 atom stereocenters. The Hall–Kier alpha value is -2.69. The van der Waals surface area contributed by atoms with Crippen LogP contribution >= 0.6 is 0 Å². The van der Waals surface area contributed by atoms with Crippen molar-refractivity contribution in [2.45, 2.75) is 11.8 Å². The van der Waals surface area contributed by atoms with E-state index in [1.807, 2.05) is 19.1 Å². The number of ether oxygens (including phenoxy) is 1. The number of carbonyl (C=O) groups is 1. The fourth-order valence-corrected chi connectivity index (χ4v) is 5.17. The maximum atomic E-state index is 12.7. The number of rotatable bonds is 4. The molecule has 2 aromatic rings. The zero-order chi connectivity index (χ0) is 21.8. The lowest BCUT2D eigenvalue weighted by Gasteiger charge is -2.34. The van der Waals surface area contributed by atoms with Crippen molar-refractivity contribution in [2.75, 3.05) is 62.7 Å². The van der Waals surface area contributed by atoms with Gasteiger partial charge in [0.15, 0.2) is 0 Å². The van der Waals surface area contributed by atoms with E-state index in [-0.39, 0.29) is 24.0 Å². The summed E-state index contributed by atoms with van der Waals surface area (Å²) in [7, 11) is -3.59. The zero-order valence-electron chi connectivity index (χ0n) is 17.5. The SMILES string of the molecule is Cc1cc(N2CCOCC2)ccc1NC(=O)N1CCN(S(=O)(=O)c2cccnc2)CC1. The minimum absolute atomic E-state index is 0.170. The molecule has 2 aliphatic rings. The molecule has 9 nitrogen and oxygen atoms in total. The van der Waals surface area contributed by atoms with E-state index in [0.717, 1.165) is 43.2 Å². The van der Waals surface area contributed by atoms with Gasteiger partial charge in [-0.2, -0.15) is 4.31 Å². The molecular formula is C21H27N5O4S. The van der Waals surface area contributed by atoms with Crippen molar-refractivity contribution in [3.05, 3.63) is 48.3 Å². The van der Waals surface area contributed by atoms with Crippen LogP contribution in [0.1, 0.15) is 5.56 Å². The Morgan fingerprint density at radius 3 is 2.45 bits per heavy atom. The van der Waals surface area contributed by atoms with Gasteiger partial charge in [-0.25, -0.2) is 13.2 Å². The van der Waals surface area contributed by atoms with E-state index in [1.54, 1.807) is 11.0 Å². The lowest BCUT2D eigenvalue weighted by atomic mass is 10.1. The number of morpholine rings is 1. The average molecular weight is 446 g/mol. The number of amides is 2. The molecule has 1 aromatic heterocycles. The van der Waals surface area contributed by atoms with Crippen LogP contribution in [0.15, 0.2) is 47.6 Å². The molecule has 2 aliphatic heterocycles. The molecule has 0 spiro atoms. The van der Waals surface area contributed by atoms with Gasteiger partial charge in [-0.15, -0.1) is 0 Å². The van der Waals surface area contributed by atoms with Gasteiger partial charge in [0.25, 0.3) is 0 Å². The van der Waals surface area contributed by atoms with Gasteiger partial charge < -0.3 is 19.9 Å². The Labute approximate surface area is 182 Å². The standard InChI is InChI=1S/C21H27N5O4S/c1-17-15-18(24-11-13-30-14-12-24)4-5-20(17)23-21(27)25-7-9-26(10-8-25)31(28,29)19-3-2-6-22-16-19/h2-6,15-16H,7-14H2,1H3,(H,23,27). The molecule has 166 valence electrons. The molecule has 1 aromatic carbocycles. The molecule has 10 heteroatoms. The minimum atomic E-state index is -3.59. The normalized spacial score (nSPS) is 18.1. The number of aromatic nitrogens is 1. The summed E-state index contributed by atoms with van der Waals surface area (Å²) < 4.78 is 32.2. The number of carbonyl (C=O) groups excluding carboxylic acids is 1. The van der Waals surface area contributed by atoms with E-state index in [0.29, 0.717) is 13.1 Å². The van der Waals surface area contributed by atoms with Crippen LogP contribution < -0.4 is 10.2 Å². The van der Waals surface area contributed by atoms with Crippen molar-refractivity contribution in [3.8, 4) is 0 Å². The van der Waals surface area contributed by atoms with E-state index in [9.17, 15) is 13.2 Å². The van der Waals surface area contributed by atoms with Gasteiger partial charge in [0, 0.05) is 63.0 Å². The second-order valence-electron chi connectivity index (χ2n) is 7.61. The Morgan fingerprint density at radius 1 is 1.06 bits per heavy atom. The Balaban J connectivity index is 1.35. The van der Waals surface area contributed by atoms with Crippen LogP contribution in [0.2, 0.25) is 0 Å². The van der Waals surface area contributed by atoms with E-state index in [2.05, 4.69) is 21.3 Å². The van der Waals surface area contributed by atoms with E-state index < -0.39 is 10.0 Å². The molecule has 2 fully saturated rings. The zero-order valence-corrected chi connectivity index (χ0v) is 18.3. The molecule has 2 amide bonds. The fraction of sp³-hybridized carbons (Fsp3) is 0.429. The van der Waals surface area contributed by atoms with Crippen LogP contribution in [0.25, 0.3) is 0 Å². The summed E-state index contributed by atoms with van der Waals surface area (Å²) in [4.78, 5) is 20.7. The highest BCUT2D eigenvalue weighted by Gasteiger charge is 2.30. The number of benzene rings is 1. The van der Waals surface area contributed by atoms with Crippen LogP contribution in [0, 0.1) is 6.92 Å². The summed E-state index contributed by atoms with van der Waals surface area (Å²) in [5, 5.41) is 2.96. The molecule has 4 rings (SSSR count). The van der Waals surface area contributed by atoms with Gasteiger partial charge in [0.1, 0.15) is 4.90 Å². The second kappa shape index (κ2) is 9.21. The van der Waals surface area contributed by atoms with Crippen LogP contribution in [0.3, 0.4) is 0 Å². The largest absolute Gasteiger partial charge is 0.378 e. The maximum absolute atomic E-state index is 12.7. The first-order valence-corrected chi connectivity index (χ1v) is 11.8.